The maximum Gasteiger partial charge on any atom is 0.326 e. The number of aromatic nitrogens is 1. The van der Waals surface area contributed by atoms with Crippen LogP contribution in [0.5, 0.6) is 0 Å². The normalized spacial score (nSPS) is 23.1. The molecule has 0 unspecified atom stereocenters. The lowest BCUT2D eigenvalue weighted by atomic mass is 10.2. The molecular weight excluding hydrogens is 260 g/mol. The Bertz CT molecular complexity index is 494. The average molecular weight is 271 g/mol. The molecule has 2 N–H and O–H groups in total. The second-order valence-electron chi connectivity index (χ2n) is 4.06. The molecule has 96 valence electrons. The molecule has 7 heteroatoms. The largest absolute Gasteiger partial charge is 0.480 e. The van der Waals surface area contributed by atoms with Gasteiger partial charge in [-0.25, -0.2) is 4.79 Å². The van der Waals surface area contributed by atoms with Gasteiger partial charge in [-0.15, -0.1) is 0 Å². The number of aliphatic carboxylic acids is 1. The highest BCUT2D eigenvalue weighted by molar-refractivity contribution is 6.30. The number of β-amino-alcohol motifs (C(OH)–C–C–N with tert-alkyl or cyclic N) is 1. The summed E-state index contributed by atoms with van der Waals surface area (Å²) in [5.74, 6) is -1.68. The number of likely N-dealkylation sites (tertiary alicyclic amines) is 1. The van der Waals surface area contributed by atoms with E-state index in [4.69, 9.17) is 16.7 Å². The molecule has 1 saturated heterocycles. The molecule has 0 aliphatic carbocycles. The highest BCUT2D eigenvalue weighted by Gasteiger charge is 2.39. The van der Waals surface area contributed by atoms with Crippen LogP contribution in [-0.2, 0) is 4.79 Å². The van der Waals surface area contributed by atoms with E-state index >= 15 is 0 Å². The molecule has 2 rings (SSSR count). The number of aliphatic hydroxyl groups is 1. The Morgan fingerprint density at radius 2 is 2.22 bits per heavy atom. The molecule has 0 spiro atoms. The van der Waals surface area contributed by atoms with Gasteiger partial charge in [-0.3, -0.25) is 9.78 Å². The van der Waals surface area contributed by atoms with Gasteiger partial charge < -0.3 is 15.1 Å². The lowest BCUT2D eigenvalue weighted by Crippen LogP contribution is -2.40. The molecule has 0 saturated carbocycles. The van der Waals surface area contributed by atoms with Crippen LogP contribution in [0.3, 0.4) is 0 Å². The van der Waals surface area contributed by atoms with Crippen molar-refractivity contribution in [3.63, 3.8) is 0 Å². The molecule has 6 nitrogen and oxygen atoms in total. The van der Waals surface area contributed by atoms with E-state index in [0.717, 1.165) is 4.90 Å². The van der Waals surface area contributed by atoms with Crippen LogP contribution in [-0.4, -0.2) is 50.7 Å². The number of nitrogens with zero attached hydrogens (tertiary/aromatic N) is 2. The van der Waals surface area contributed by atoms with Crippen molar-refractivity contribution >= 4 is 23.5 Å². The van der Waals surface area contributed by atoms with E-state index < -0.39 is 24.0 Å². The molecule has 18 heavy (non-hydrogen) atoms. The number of pyridine rings is 1. The number of carbonyl (C=O) groups excluding carboxylic acids is 1. The predicted octanol–water partition coefficient (Wildman–Crippen LogP) is 0.395. The molecule has 1 aromatic rings. The Kier molecular flexibility index (Phi) is 3.49. The number of amides is 1. The maximum atomic E-state index is 12.1. The summed E-state index contributed by atoms with van der Waals surface area (Å²) in [5.41, 5.74) is 0.0721. The topological polar surface area (TPSA) is 90.7 Å². The Morgan fingerprint density at radius 3 is 2.83 bits per heavy atom. The minimum absolute atomic E-state index is 0.00993. The van der Waals surface area contributed by atoms with Crippen molar-refractivity contribution in [2.75, 3.05) is 6.54 Å². The first-order valence-electron chi connectivity index (χ1n) is 5.32. The Labute approximate surface area is 108 Å². The molecule has 0 bridgehead atoms. The van der Waals surface area contributed by atoms with Crippen molar-refractivity contribution in [1.29, 1.82) is 0 Å². The van der Waals surface area contributed by atoms with Gasteiger partial charge >= 0.3 is 5.97 Å². The van der Waals surface area contributed by atoms with Crippen LogP contribution in [0.25, 0.3) is 0 Å². The van der Waals surface area contributed by atoms with Crippen LogP contribution in [0.2, 0.25) is 5.02 Å². The number of carboxylic acids is 1. The Balaban J connectivity index is 2.25. The third kappa shape index (κ3) is 2.44. The fraction of sp³-hybridized carbons (Fsp3) is 0.364. The lowest BCUT2D eigenvalue weighted by Gasteiger charge is -2.20. The minimum atomic E-state index is -1.14. The zero-order chi connectivity index (χ0) is 13.3. The van der Waals surface area contributed by atoms with E-state index in [1.165, 1.54) is 18.3 Å². The van der Waals surface area contributed by atoms with Crippen molar-refractivity contribution in [3.8, 4) is 0 Å². The summed E-state index contributed by atoms with van der Waals surface area (Å²) >= 11 is 5.75. The van der Waals surface area contributed by atoms with Crippen LogP contribution in [0.15, 0.2) is 18.3 Å². The van der Waals surface area contributed by atoms with Crippen LogP contribution >= 0.6 is 11.6 Å². The van der Waals surface area contributed by atoms with Gasteiger partial charge in [0, 0.05) is 24.2 Å². The number of carbonyl (C=O) groups is 2. The van der Waals surface area contributed by atoms with Crippen molar-refractivity contribution in [2.24, 2.45) is 0 Å². The first kappa shape index (κ1) is 12.8. The van der Waals surface area contributed by atoms with Crippen molar-refractivity contribution in [1.82, 2.24) is 9.88 Å². The smallest absolute Gasteiger partial charge is 0.326 e. The third-order valence-corrected chi connectivity index (χ3v) is 3.00. The molecule has 1 aliphatic rings. The Hall–Kier alpha value is -1.66. The monoisotopic (exact) mass is 270 g/mol. The molecule has 0 radical (unpaired) electrons. The fourth-order valence-electron chi connectivity index (χ4n) is 1.94. The van der Waals surface area contributed by atoms with Gasteiger partial charge in [0.1, 0.15) is 11.7 Å². The van der Waals surface area contributed by atoms with E-state index in [9.17, 15) is 14.7 Å². The molecule has 1 amide bonds. The Morgan fingerprint density at radius 1 is 1.50 bits per heavy atom. The second-order valence-corrected chi connectivity index (χ2v) is 4.50. The van der Waals surface area contributed by atoms with Gasteiger partial charge in [0.25, 0.3) is 5.91 Å². The average Bonchev–Trinajstić information content (AvgIpc) is 2.70. The van der Waals surface area contributed by atoms with E-state index in [2.05, 4.69) is 4.98 Å². The van der Waals surface area contributed by atoms with Gasteiger partial charge in [-0.2, -0.15) is 0 Å². The van der Waals surface area contributed by atoms with E-state index in [0.29, 0.717) is 5.02 Å². The number of rotatable bonds is 2. The molecule has 2 atom stereocenters. The van der Waals surface area contributed by atoms with Crippen molar-refractivity contribution in [3.05, 3.63) is 29.0 Å². The highest BCUT2D eigenvalue weighted by atomic mass is 35.5. The van der Waals surface area contributed by atoms with E-state index in [1.54, 1.807) is 0 Å². The second kappa shape index (κ2) is 4.91. The van der Waals surface area contributed by atoms with Gasteiger partial charge in [0.2, 0.25) is 0 Å². The zero-order valence-electron chi connectivity index (χ0n) is 9.28. The van der Waals surface area contributed by atoms with Crippen molar-refractivity contribution in [2.45, 2.75) is 18.6 Å². The van der Waals surface area contributed by atoms with Gasteiger partial charge in [-0.05, 0) is 12.1 Å². The van der Waals surface area contributed by atoms with Gasteiger partial charge in [0.15, 0.2) is 0 Å². The molecule has 0 aromatic carbocycles. The summed E-state index contributed by atoms with van der Waals surface area (Å²) < 4.78 is 0. The van der Waals surface area contributed by atoms with Crippen molar-refractivity contribution < 1.29 is 19.8 Å². The molecule has 1 aromatic heterocycles. The van der Waals surface area contributed by atoms with Crippen LogP contribution in [0.4, 0.5) is 0 Å². The van der Waals surface area contributed by atoms with Gasteiger partial charge in [-0.1, -0.05) is 11.6 Å². The summed E-state index contributed by atoms with van der Waals surface area (Å²) in [6.07, 6.45) is 0.577. The van der Waals surface area contributed by atoms with E-state index in [-0.39, 0.29) is 18.7 Å². The van der Waals surface area contributed by atoms with E-state index in [1.807, 2.05) is 0 Å². The predicted molar refractivity (Wildman–Crippen MR) is 62.3 cm³/mol. The minimum Gasteiger partial charge on any atom is -0.480 e. The quantitative estimate of drug-likeness (QED) is 0.811. The number of aliphatic hydroxyl groups excluding tert-OH is 1. The summed E-state index contributed by atoms with van der Waals surface area (Å²) in [6, 6.07) is 1.87. The third-order valence-electron chi connectivity index (χ3n) is 2.77. The number of hydrogen-bond acceptors (Lipinski definition) is 4. The SMILES string of the molecule is O=C(O)[C@H]1C[C@@H](O)CN1C(=O)c1cc(Cl)ccn1. The number of hydrogen-bond donors (Lipinski definition) is 2. The highest BCUT2D eigenvalue weighted by Crippen LogP contribution is 2.21. The lowest BCUT2D eigenvalue weighted by molar-refractivity contribution is -0.141. The summed E-state index contributed by atoms with van der Waals surface area (Å²) in [5, 5.41) is 18.8. The first-order chi connectivity index (χ1) is 8.49. The molecule has 1 aliphatic heterocycles. The van der Waals surface area contributed by atoms with Crippen LogP contribution < -0.4 is 0 Å². The molecular formula is C11H11ClN2O4. The standard InChI is InChI=1S/C11H11ClN2O4/c12-6-1-2-13-8(3-6)10(16)14-5-7(15)4-9(14)11(17)18/h1-3,7,9,15H,4-5H2,(H,17,18)/t7-,9-/m1/s1. The first-order valence-corrected chi connectivity index (χ1v) is 5.70. The number of carboxylic acid groups (broad SMARTS) is 1. The van der Waals surface area contributed by atoms with Crippen LogP contribution in [0, 0.1) is 0 Å². The summed E-state index contributed by atoms with van der Waals surface area (Å²) in [4.78, 5) is 28.1. The zero-order valence-corrected chi connectivity index (χ0v) is 10.0. The molecule has 2 heterocycles. The summed E-state index contributed by atoms with van der Waals surface area (Å²) in [7, 11) is 0. The van der Waals surface area contributed by atoms with Crippen LogP contribution in [0.1, 0.15) is 16.9 Å². The molecule has 1 fully saturated rings. The summed E-state index contributed by atoms with van der Waals surface area (Å²) in [6.45, 7) is -0.00993. The van der Waals surface area contributed by atoms with Gasteiger partial charge in [0.05, 0.1) is 6.10 Å². The number of halogens is 1. The fourth-order valence-corrected chi connectivity index (χ4v) is 2.10. The maximum absolute atomic E-state index is 12.1.